The summed E-state index contributed by atoms with van der Waals surface area (Å²) in [6.45, 7) is 4.31. The van der Waals surface area contributed by atoms with E-state index in [-0.39, 0.29) is 37.4 Å². The molecule has 1 saturated carbocycles. The minimum Gasteiger partial charge on any atom is -0.352 e. The van der Waals surface area contributed by atoms with E-state index in [0.29, 0.717) is 23.6 Å². The Hall–Kier alpha value is -3.36. The van der Waals surface area contributed by atoms with Gasteiger partial charge in [0.2, 0.25) is 21.8 Å². The molecule has 3 aromatic carbocycles. The van der Waals surface area contributed by atoms with Crippen LogP contribution in [0.4, 0.5) is 5.69 Å². The molecule has 1 N–H and O–H groups in total. The van der Waals surface area contributed by atoms with Gasteiger partial charge in [-0.1, -0.05) is 79.4 Å². The van der Waals surface area contributed by atoms with Gasteiger partial charge in [-0.2, -0.15) is 0 Å². The minimum atomic E-state index is -3.57. The fraction of sp³-hybridized carbons (Fsp3) is 0.429. The van der Waals surface area contributed by atoms with E-state index in [4.69, 9.17) is 11.6 Å². The number of carbonyl (C=O) groups excluding carboxylic acids is 2. The molecule has 0 bridgehead atoms. The highest BCUT2D eigenvalue weighted by Gasteiger charge is 2.32. The predicted molar refractivity (Wildman–Crippen MR) is 178 cm³/mol. The van der Waals surface area contributed by atoms with Crippen molar-refractivity contribution in [3.63, 3.8) is 0 Å². The number of carbonyl (C=O) groups is 2. The summed E-state index contributed by atoms with van der Waals surface area (Å²) < 4.78 is 26.9. The maximum atomic E-state index is 14.1. The molecule has 0 aliphatic heterocycles. The van der Waals surface area contributed by atoms with Crippen molar-refractivity contribution in [2.24, 2.45) is 0 Å². The molecular weight excluding hydrogens is 594 g/mol. The molecule has 0 saturated heterocycles. The number of benzene rings is 3. The molecule has 7 nitrogen and oxygen atoms in total. The summed E-state index contributed by atoms with van der Waals surface area (Å²) in [5, 5.41) is 3.85. The van der Waals surface area contributed by atoms with Gasteiger partial charge in [-0.25, -0.2) is 8.42 Å². The van der Waals surface area contributed by atoms with Gasteiger partial charge in [-0.05, 0) is 79.6 Å². The fourth-order valence-corrected chi connectivity index (χ4v) is 6.85. The molecule has 1 atom stereocenters. The van der Waals surface area contributed by atoms with Crippen molar-refractivity contribution in [1.29, 1.82) is 0 Å². The number of sulfonamides is 1. The Kier molecular flexibility index (Phi) is 11.9. The van der Waals surface area contributed by atoms with Gasteiger partial charge in [0.1, 0.15) is 6.04 Å². The van der Waals surface area contributed by atoms with Crippen molar-refractivity contribution in [3.8, 4) is 0 Å². The maximum absolute atomic E-state index is 14.1. The van der Waals surface area contributed by atoms with Gasteiger partial charge < -0.3 is 10.2 Å². The summed E-state index contributed by atoms with van der Waals surface area (Å²) in [5.74, 6) is -0.357. The largest absolute Gasteiger partial charge is 0.352 e. The lowest BCUT2D eigenvalue weighted by Crippen LogP contribution is -2.52. The maximum Gasteiger partial charge on any atom is 0.243 e. The lowest BCUT2D eigenvalue weighted by atomic mass is 9.94. The van der Waals surface area contributed by atoms with Crippen molar-refractivity contribution in [1.82, 2.24) is 10.2 Å². The zero-order chi connectivity index (χ0) is 31.7. The molecule has 0 aromatic heterocycles. The molecule has 0 unspecified atom stereocenters. The summed E-state index contributed by atoms with van der Waals surface area (Å²) in [7, 11) is -3.57. The quantitative estimate of drug-likeness (QED) is 0.229. The second-order valence-corrected chi connectivity index (χ2v) is 14.2. The van der Waals surface area contributed by atoms with Gasteiger partial charge in [0.05, 0.1) is 11.9 Å². The van der Waals surface area contributed by atoms with Crippen molar-refractivity contribution in [2.75, 3.05) is 17.1 Å². The zero-order valence-electron chi connectivity index (χ0n) is 26.0. The van der Waals surface area contributed by atoms with Crippen LogP contribution in [0.15, 0.2) is 72.8 Å². The molecule has 2 amide bonds. The molecule has 0 radical (unpaired) electrons. The van der Waals surface area contributed by atoms with Gasteiger partial charge in [0, 0.05) is 37.0 Å². The lowest BCUT2D eigenvalue weighted by Gasteiger charge is -2.34. The van der Waals surface area contributed by atoms with Crippen molar-refractivity contribution < 1.29 is 18.0 Å². The third-order valence-corrected chi connectivity index (χ3v) is 9.87. The number of anilines is 1. The molecule has 1 aliphatic carbocycles. The van der Waals surface area contributed by atoms with E-state index in [1.54, 1.807) is 23.1 Å². The number of nitrogens with one attached hydrogen (secondary N) is 1. The van der Waals surface area contributed by atoms with E-state index in [2.05, 4.69) is 5.32 Å². The molecule has 0 heterocycles. The number of halogens is 1. The minimum absolute atomic E-state index is 0.0897. The number of nitrogens with zero attached hydrogens (tertiary/aromatic N) is 2. The Morgan fingerprint density at radius 2 is 1.59 bits per heavy atom. The van der Waals surface area contributed by atoms with Gasteiger partial charge in [0.15, 0.2) is 0 Å². The van der Waals surface area contributed by atoms with Crippen LogP contribution in [0.1, 0.15) is 67.2 Å². The number of aryl methyl sites for hydroxylation is 2. The molecule has 0 spiro atoms. The number of hydrogen-bond donors (Lipinski definition) is 1. The van der Waals surface area contributed by atoms with Crippen LogP contribution in [0.25, 0.3) is 0 Å². The van der Waals surface area contributed by atoms with Crippen LogP contribution in [0, 0.1) is 13.8 Å². The van der Waals surface area contributed by atoms with E-state index in [1.165, 1.54) is 17.0 Å². The van der Waals surface area contributed by atoms with Gasteiger partial charge >= 0.3 is 0 Å². The van der Waals surface area contributed by atoms with E-state index in [9.17, 15) is 18.0 Å². The van der Waals surface area contributed by atoms with E-state index >= 15 is 0 Å². The first kappa shape index (κ1) is 33.5. The SMILES string of the molecule is Cc1ccc(N(CCCC(=O)N(Cc2ccc(Cl)cc2)[C@@H](Cc2ccccc2)C(=O)NC2CCCCC2)S(C)(=O)=O)cc1C. The first-order chi connectivity index (χ1) is 21.0. The Morgan fingerprint density at radius 3 is 2.23 bits per heavy atom. The van der Waals surface area contributed by atoms with Crippen molar-refractivity contribution >= 4 is 39.1 Å². The van der Waals surface area contributed by atoms with Crippen molar-refractivity contribution in [2.45, 2.75) is 83.8 Å². The second kappa shape index (κ2) is 15.6. The molecule has 3 aromatic rings. The van der Waals surface area contributed by atoms with E-state index in [0.717, 1.165) is 47.9 Å². The molecule has 236 valence electrons. The molecule has 1 aliphatic rings. The third-order valence-electron chi connectivity index (χ3n) is 8.42. The standard InChI is InChI=1S/C35H44ClN3O4S/c1-26-16-21-32(23-27(26)2)39(44(3,42)43)22-10-15-34(40)38(25-29-17-19-30(36)20-18-29)33(24-28-11-6-4-7-12-28)35(41)37-31-13-8-5-9-14-31/h4,6-7,11-12,16-21,23,31,33H,5,8-10,13-15,22,24-25H2,1-3H3,(H,37,41)/t33-/m0/s1. The van der Waals surface area contributed by atoms with Gasteiger partial charge in [0.25, 0.3) is 0 Å². The average molecular weight is 638 g/mol. The van der Waals surface area contributed by atoms with E-state index in [1.807, 2.05) is 68.4 Å². The summed E-state index contributed by atoms with van der Waals surface area (Å²) in [6, 6.07) is 22.0. The number of amides is 2. The highest BCUT2D eigenvalue weighted by molar-refractivity contribution is 7.92. The number of rotatable bonds is 13. The Balaban J connectivity index is 1.59. The summed E-state index contributed by atoms with van der Waals surface area (Å²) in [6.07, 6.45) is 7.17. The predicted octanol–water partition coefficient (Wildman–Crippen LogP) is 6.59. The normalized spacial score (nSPS) is 14.5. The van der Waals surface area contributed by atoms with Gasteiger partial charge in [-0.15, -0.1) is 0 Å². The van der Waals surface area contributed by atoms with Crippen LogP contribution in [-0.4, -0.2) is 50.0 Å². The second-order valence-electron chi connectivity index (χ2n) is 11.9. The monoisotopic (exact) mass is 637 g/mol. The van der Waals surface area contributed by atoms with Gasteiger partial charge in [-0.3, -0.25) is 13.9 Å². The smallest absolute Gasteiger partial charge is 0.243 e. The van der Waals surface area contributed by atoms with Crippen LogP contribution in [0.2, 0.25) is 5.02 Å². The first-order valence-electron chi connectivity index (χ1n) is 15.4. The topological polar surface area (TPSA) is 86.8 Å². The molecule has 44 heavy (non-hydrogen) atoms. The molecule has 4 rings (SSSR count). The third kappa shape index (κ3) is 9.57. The Morgan fingerprint density at radius 1 is 0.909 bits per heavy atom. The summed E-state index contributed by atoms with van der Waals surface area (Å²) >= 11 is 6.14. The molecular formula is C35H44ClN3O4S. The van der Waals surface area contributed by atoms with Crippen molar-refractivity contribution in [3.05, 3.63) is 100 Å². The summed E-state index contributed by atoms with van der Waals surface area (Å²) in [5.41, 5.74) is 4.47. The highest BCUT2D eigenvalue weighted by Crippen LogP contribution is 2.24. The van der Waals surface area contributed by atoms with Crippen LogP contribution in [-0.2, 0) is 32.6 Å². The molecule has 1 fully saturated rings. The zero-order valence-corrected chi connectivity index (χ0v) is 27.5. The van der Waals surface area contributed by atoms with Crippen LogP contribution >= 0.6 is 11.6 Å². The summed E-state index contributed by atoms with van der Waals surface area (Å²) in [4.78, 5) is 29.7. The van der Waals surface area contributed by atoms with E-state index < -0.39 is 16.1 Å². The van der Waals surface area contributed by atoms with Crippen LogP contribution in [0.5, 0.6) is 0 Å². The van der Waals surface area contributed by atoms with Crippen LogP contribution in [0.3, 0.4) is 0 Å². The lowest BCUT2D eigenvalue weighted by molar-refractivity contribution is -0.141. The van der Waals surface area contributed by atoms with Crippen LogP contribution < -0.4 is 9.62 Å². The number of hydrogen-bond acceptors (Lipinski definition) is 4. The fourth-order valence-electron chi connectivity index (χ4n) is 5.77. The highest BCUT2D eigenvalue weighted by atomic mass is 35.5. The Labute approximate surface area is 267 Å². The first-order valence-corrected chi connectivity index (χ1v) is 17.7. The average Bonchev–Trinajstić information content (AvgIpc) is 3.00. The molecule has 9 heteroatoms. The Bertz CT molecular complexity index is 1510.